The second kappa shape index (κ2) is 3.98. The van der Waals surface area contributed by atoms with E-state index < -0.39 is 0 Å². The molecule has 0 aliphatic heterocycles. The third kappa shape index (κ3) is 1.75. The van der Waals surface area contributed by atoms with Crippen LogP contribution in [0.15, 0.2) is 36.9 Å². The molecular weight excluding hydrogens is 259 g/mol. The molecule has 0 atom stereocenters. The number of benzene rings is 1. The van der Waals surface area contributed by atoms with Gasteiger partial charge in [0.05, 0.1) is 0 Å². The standard InChI is InChI=1S/C11H6Cl2N4/c12-7-1-3-8(4-2-7)17-6-16-9-10(13)14-5-15-11(9)17/h1-6H. The maximum atomic E-state index is 5.94. The first-order valence-electron chi connectivity index (χ1n) is 4.85. The van der Waals surface area contributed by atoms with Gasteiger partial charge < -0.3 is 0 Å². The quantitative estimate of drug-likeness (QED) is 0.635. The Morgan fingerprint density at radius 3 is 2.47 bits per heavy atom. The maximum absolute atomic E-state index is 5.94. The van der Waals surface area contributed by atoms with Crippen molar-refractivity contribution in [3.8, 4) is 5.69 Å². The van der Waals surface area contributed by atoms with Crippen LogP contribution in [0.1, 0.15) is 0 Å². The van der Waals surface area contributed by atoms with Crippen LogP contribution in [0, 0.1) is 0 Å². The number of nitrogens with zero attached hydrogens (tertiary/aromatic N) is 4. The van der Waals surface area contributed by atoms with E-state index in [4.69, 9.17) is 23.2 Å². The van der Waals surface area contributed by atoms with Gasteiger partial charge in [0.1, 0.15) is 18.2 Å². The van der Waals surface area contributed by atoms with E-state index in [2.05, 4.69) is 15.0 Å². The number of halogens is 2. The zero-order valence-electron chi connectivity index (χ0n) is 8.51. The van der Waals surface area contributed by atoms with Crippen LogP contribution in [-0.2, 0) is 0 Å². The molecule has 1 aromatic carbocycles. The van der Waals surface area contributed by atoms with Crippen molar-refractivity contribution in [1.82, 2.24) is 19.5 Å². The molecule has 0 unspecified atom stereocenters. The van der Waals surface area contributed by atoms with Crippen LogP contribution >= 0.6 is 23.2 Å². The fourth-order valence-electron chi connectivity index (χ4n) is 1.60. The van der Waals surface area contributed by atoms with Gasteiger partial charge in [0.25, 0.3) is 0 Å². The number of imidazole rings is 1. The number of rotatable bonds is 1. The highest BCUT2D eigenvalue weighted by Gasteiger charge is 2.09. The number of fused-ring (bicyclic) bond motifs is 1. The van der Waals surface area contributed by atoms with Gasteiger partial charge >= 0.3 is 0 Å². The Kier molecular flexibility index (Phi) is 2.46. The lowest BCUT2D eigenvalue weighted by Gasteiger charge is -2.02. The lowest BCUT2D eigenvalue weighted by atomic mass is 10.3. The van der Waals surface area contributed by atoms with Crippen LogP contribution in [0.4, 0.5) is 0 Å². The highest BCUT2D eigenvalue weighted by Crippen LogP contribution is 2.21. The van der Waals surface area contributed by atoms with E-state index in [-0.39, 0.29) is 0 Å². The molecule has 0 aliphatic carbocycles. The normalized spacial score (nSPS) is 10.9. The van der Waals surface area contributed by atoms with Gasteiger partial charge in [0.15, 0.2) is 10.8 Å². The van der Waals surface area contributed by atoms with Gasteiger partial charge in [-0.05, 0) is 24.3 Å². The monoisotopic (exact) mass is 264 g/mol. The molecule has 3 rings (SSSR count). The summed E-state index contributed by atoms with van der Waals surface area (Å²) in [5, 5.41) is 1.04. The minimum absolute atomic E-state index is 0.350. The van der Waals surface area contributed by atoms with Crippen molar-refractivity contribution in [3.63, 3.8) is 0 Å². The van der Waals surface area contributed by atoms with Crippen molar-refractivity contribution in [2.75, 3.05) is 0 Å². The van der Waals surface area contributed by atoms with Crippen LogP contribution < -0.4 is 0 Å². The SMILES string of the molecule is Clc1ccc(-n2cnc3c(Cl)ncnc32)cc1. The number of hydrogen-bond donors (Lipinski definition) is 0. The lowest BCUT2D eigenvalue weighted by molar-refractivity contribution is 1.06. The Labute approximate surface area is 107 Å². The van der Waals surface area contributed by atoms with Crippen LogP contribution in [0.2, 0.25) is 10.2 Å². The molecule has 0 aliphatic rings. The highest BCUT2D eigenvalue weighted by molar-refractivity contribution is 6.33. The summed E-state index contributed by atoms with van der Waals surface area (Å²) in [5.74, 6) is 0. The molecule has 2 heterocycles. The first kappa shape index (κ1) is 10.5. The molecule has 0 saturated heterocycles. The largest absolute Gasteiger partial charge is 0.283 e. The highest BCUT2D eigenvalue weighted by atomic mass is 35.5. The van der Waals surface area contributed by atoms with Crippen molar-refractivity contribution in [2.24, 2.45) is 0 Å². The van der Waals surface area contributed by atoms with E-state index in [0.29, 0.717) is 21.3 Å². The summed E-state index contributed by atoms with van der Waals surface area (Å²) >= 11 is 11.8. The predicted molar refractivity (Wildman–Crippen MR) is 66.7 cm³/mol. The van der Waals surface area contributed by atoms with Gasteiger partial charge in [-0.2, -0.15) is 0 Å². The van der Waals surface area contributed by atoms with Crippen LogP contribution in [0.3, 0.4) is 0 Å². The predicted octanol–water partition coefficient (Wildman–Crippen LogP) is 3.12. The molecule has 0 spiro atoms. The first-order chi connectivity index (χ1) is 8.25. The van der Waals surface area contributed by atoms with Crippen molar-refractivity contribution >= 4 is 34.4 Å². The summed E-state index contributed by atoms with van der Waals surface area (Å²) in [5.41, 5.74) is 2.18. The van der Waals surface area contributed by atoms with Gasteiger partial charge in [-0.15, -0.1) is 0 Å². The van der Waals surface area contributed by atoms with Crippen molar-refractivity contribution in [3.05, 3.63) is 47.1 Å². The summed E-state index contributed by atoms with van der Waals surface area (Å²) < 4.78 is 1.83. The van der Waals surface area contributed by atoms with E-state index >= 15 is 0 Å². The van der Waals surface area contributed by atoms with E-state index in [1.54, 1.807) is 6.33 Å². The summed E-state index contributed by atoms with van der Waals surface area (Å²) in [6.07, 6.45) is 3.08. The van der Waals surface area contributed by atoms with E-state index in [1.807, 2.05) is 28.8 Å². The molecule has 2 aromatic heterocycles. The van der Waals surface area contributed by atoms with Crippen molar-refractivity contribution in [1.29, 1.82) is 0 Å². The van der Waals surface area contributed by atoms with E-state index in [9.17, 15) is 0 Å². The van der Waals surface area contributed by atoms with Gasteiger partial charge in [-0.25, -0.2) is 15.0 Å². The Morgan fingerprint density at radius 2 is 1.71 bits per heavy atom. The molecule has 17 heavy (non-hydrogen) atoms. The molecule has 0 saturated carbocycles. The zero-order valence-corrected chi connectivity index (χ0v) is 10.0. The third-order valence-electron chi connectivity index (χ3n) is 2.39. The topological polar surface area (TPSA) is 43.6 Å². The molecule has 0 radical (unpaired) electrons. The Hall–Kier alpha value is -1.65. The Bertz CT molecular complexity index is 676. The zero-order chi connectivity index (χ0) is 11.8. The summed E-state index contributed by atoms with van der Waals surface area (Å²) in [4.78, 5) is 12.2. The van der Waals surface area contributed by atoms with Crippen LogP contribution in [-0.4, -0.2) is 19.5 Å². The molecule has 3 aromatic rings. The molecular formula is C11H6Cl2N4. The Balaban J connectivity index is 2.24. The van der Waals surface area contributed by atoms with Crippen molar-refractivity contribution in [2.45, 2.75) is 0 Å². The number of aromatic nitrogens is 4. The first-order valence-corrected chi connectivity index (χ1v) is 5.61. The summed E-state index contributed by atoms with van der Waals surface area (Å²) in [7, 11) is 0. The van der Waals surface area contributed by atoms with Crippen molar-refractivity contribution < 1.29 is 0 Å². The second-order valence-corrected chi connectivity index (χ2v) is 4.22. The summed E-state index contributed by atoms with van der Waals surface area (Å²) in [6, 6.07) is 7.40. The van der Waals surface area contributed by atoms with E-state index in [1.165, 1.54) is 6.33 Å². The molecule has 84 valence electrons. The van der Waals surface area contributed by atoms with Gasteiger partial charge in [0, 0.05) is 10.7 Å². The second-order valence-electron chi connectivity index (χ2n) is 3.43. The van der Waals surface area contributed by atoms with Gasteiger partial charge in [-0.3, -0.25) is 4.57 Å². The average molecular weight is 265 g/mol. The third-order valence-corrected chi connectivity index (χ3v) is 2.92. The molecule has 0 amide bonds. The fraction of sp³-hybridized carbons (Fsp3) is 0. The lowest BCUT2D eigenvalue weighted by Crippen LogP contribution is -1.93. The molecule has 0 bridgehead atoms. The van der Waals surface area contributed by atoms with Gasteiger partial charge in [0.2, 0.25) is 0 Å². The number of hydrogen-bond acceptors (Lipinski definition) is 3. The fourth-order valence-corrected chi connectivity index (χ4v) is 1.90. The molecule has 4 nitrogen and oxygen atoms in total. The molecule has 6 heteroatoms. The van der Waals surface area contributed by atoms with Crippen LogP contribution in [0.5, 0.6) is 0 Å². The maximum Gasteiger partial charge on any atom is 0.169 e. The van der Waals surface area contributed by atoms with E-state index in [0.717, 1.165) is 5.69 Å². The average Bonchev–Trinajstić information content (AvgIpc) is 2.75. The minimum atomic E-state index is 0.350. The molecule has 0 N–H and O–H groups in total. The smallest absolute Gasteiger partial charge is 0.169 e. The van der Waals surface area contributed by atoms with Gasteiger partial charge in [-0.1, -0.05) is 23.2 Å². The minimum Gasteiger partial charge on any atom is -0.283 e. The Morgan fingerprint density at radius 1 is 0.941 bits per heavy atom. The van der Waals surface area contributed by atoms with Crippen LogP contribution in [0.25, 0.3) is 16.9 Å². The summed E-state index contributed by atoms with van der Waals surface area (Å²) in [6.45, 7) is 0. The molecule has 0 fully saturated rings.